The van der Waals surface area contributed by atoms with Gasteiger partial charge in [-0.15, -0.1) is 0 Å². The lowest BCUT2D eigenvalue weighted by Crippen LogP contribution is -2.11. The molecule has 0 spiro atoms. The summed E-state index contributed by atoms with van der Waals surface area (Å²) in [6.07, 6.45) is 19.3. The molecule has 0 aromatic heterocycles. The highest BCUT2D eigenvalue weighted by atomic mass is 14.5. The van der Waals surface area contributed by atoms with Gasteiger partial charge in [-0.3, -0.25) is 0 Å². The minimum absolute atomic E-state index is 0.389. The van der Waals surface area contributed by atoms with E-state index in [1.54, 1.807) is 6.20 Å². The van der Waals surface area contributed by atoms with Crippen LogP contribution >= 0.6 is 0 Å². The summed E-state index contributed by atoms with van der Waals surface area (Å²) in [4.78, 5) is 0. The molecule has 2 aliphatic carbocycles. The highest BCUT2D eigenvalue weighted by molar-refractivity contribution is 5.92. The first-order valence-corrected chi connectivity index (χ1v) is 8.71. The Bertz CT molecular complexity index is 796. The van der Waals surface area contributed by atoms with Crippen LogP contribution in [0.15, 0.2) is 79.1 Å². The van der Waals surface area contributed by atoms with Crippen molar-refractivity contribution in [1.29, 1.82) is 0 Å². The molecule has 0 bridgehead atoms. The van der Waals surface area contributed by atoms with Crippen molar-refractivity contribution < 1.29 is 0 Å². The monoisotopic (exact) mass is 315 g/mol. The largest absolute Gasteiger partial charge is 0.405 e. The van der Waals surface area contributed by atoms with E-state index in [-0.39, 0.29) is 0 Å². The van der Waals surface area contributed by atoms with E-state index in [1.165, 1.54) is 34.7 Å². The molecule has 2 aromatic rings. The zero-order valence-electron chi connectivity index (χ0n) is 14.2. The fourth-order valence-electron chi connectivity index (χ4n) is 3.38. The Hall–Kier alpha value is -2.54. The lowest BCUT2D eigenvalue weighted by Gasteiger charge is -2.25. The van der Waals surface area contributed by atoms with Crippen LogP contribution < -0.4 is 5.73 Å². The topological polar surface area (TPSA) is 26.0 Å². The number of allylic oxidation sites excluding steroid dienone is 6. The summed E-state index contributed by atoms with van der Waals surface area (Å²) in [5.41, 5.74) is 8.31. The van der Waals surface area contributed by atoms with Crippen molar-refractivity contribution in [2.75, 3.05) is 0 Å². The second-order valence-electron chi connectivity index (χ2n) is 6.35. The molecule has 1 heteroatoms. The van der Waals surface area contributed by atoms with E-state index in [4.69, 9.17) is 5.73 Å². The molecule has 0 aliphatic heterocycles. The van der Waals surface area contributed by atoms with Crippen LogP contribution in [0, 0.1) is 5.92 Å². The van der Waals surface area contributed by atoms with Gasteiger partial charge in [0.1, 0.15) is 0 Å². The number of rotatable bonds is 1. The average molecular weight is 315 g/mol. The molecular weight excluding hydrogens is 290 g/mol. The van der Waals surface area contributed by atoms with Gasteiger partial charge in [-0.2, -0.15) is 0 Å². The van der Waals surface area contributed by atoms with Crippen molar-refractivity contribution in [3.05, 3.63) is 90.2 Å². The van der Waals surface area contributed by atoms with Gasteiger partial charge in [0.05, 0.1) is 0 Å². The fraction of sp³-hybridized carbons (Fsp3) is 0.217. The van der Waals surface area contributed by atoms with Gasteiger partial charge in [0.2, 0.25) is 0 Å². The molecular formula is C23H25N. The smallest absolute Gasteiger partial charge is 0.0102 e. The second kappa shape index (κ2) is 7.83. The zero-order valence-corrected chi connectivity index (χ0v) is 14.2. The van der Waals surface area contributed by atoms with Gasteiger partial charge in [-0.05, 0) is 46.9 Å². The van der Waals surface area contributed by atoms with Crippen molar-refractivity contribution in [2.45, 2.75) is 25.7 Å². The molecule has 0 fully saturated rings. The normalized spacial score (nSPS) is 21.5. The van der Waals surface area contributed by atoms with Crippen LogP contribution in [0.1, 0.15) is 36.8 Å². The summed E-state index contributed by atoms with van der Waals surface area (Å²) in [6.45, 7) is 2.24. The maximum atomic E-state index is 5.59. The molecule has 24 heavy (non-hydrogen) atoms. The summed E-state index contributed by atoms with van der Waals surface area (Å²) in [7, 11) is 0. The molecule has 122 valence electrons. The minimum atomic E-state index is 0.389. The molecule has 0 radical (unpaired) electrons. The van der Waals surface area contributed by atoms with Crippen LogP contribution in [0.2, 0.25) is 0 Å². The van der Waals surface area contributed by atoms with Crippen LogP contribution in [0.4, 0.5) is 0 Å². The van der Waals surface area contributed by atoms with E-state index in [0.29, 0.717) is 11.8 Å². The lowest BCUT2D eigenvalue weighted by atomic mass is 9.79. The Morgan fingerprint density at radius 3 is 2.42 bits per heavy atom. The molecule has 0 saturated carbocycles. The van der Waals surface area contributed by atoms with E-state index in [2.05, 4.69) is 85.9 Å². The highest BCUT2D eigenvalue weighted by Gasteiger charge is 2.21. The average Bonchev–Trinajstić information content (AvgIpc) is 2.65. The van der Waals surface area contributed by atoms with Crippen LogP contribution in [-0.2, 0) is 0 Å². The summed E-state index contributed by atoms with van der Waals surface area (Å²) in [5, 5.41) is 2.62. The van der Waals surface area contributed by atoms with Crippen molar-refractivity contribution in [3.8, 4) is 0 Å². The Balaban J connectivity index is 0.000000238. The second-order valence-corrected chi connectivity index (χ2v) is 6.35. The standard InChI is InChI=1S/C17H17N.C6H8/c1-12-6-8-17-15-5-3-2-4-13(15)7-9-16(17)14(12)10-11-18;1-2-4-6-5-3-1/h2-12,14H,18H2,1H3;1-4H,5-6H2/b11-10-;. The Morgan fingerprint density at radius 2 is 1.75 bits per heavy atom. The molecule has 4 rings (SSSR count). The molecule has 1 nitrogen and oxygen atoms in total. The number of hydrogen-bond donors (Lipinski definition) is 1. The fourth-order valence-corrected chi connectivity index (χ4v) is 3.38. The maximum Gasteiger partial charge on any atom is 0.0102 e. The Morgan fingerprint density at radius 1 is 1.00 bits per heavy atom. The van der Waals surface area contributed by atoms with E-state index >= 15 is 0 Å². The summed E-state index contributed by atoms with van der Waals surface area (Å²) < 4.78 is 0. The van der Waals surface area contributed by atoms with Crippen LogP contribution in [-0.4, -0.2) is 0 Å². The van der Waals surface area contributed by atoms with Crippen LogP contribution in [0.3, 0.4) is 0 Å². The van der Waals surface area contributed by atoms with E-state index in [1.807, 2.05) is 0 Å². The number of benzene rings is 2. The quantitative estimate of drug-likeness (QED) is 0.691. The van der Waals surface area contributed by atoms with Gasteiger partial charge in [0.25, 0.3) is 0 Å². The van der Waals surface area contributed by atoms with Crippen LogP contribution in [0.5, 0.6) is 0 Å². The predicted octanol–water partition coefficient (Wildman–Crippen LogP) is 5.95. The molecule has 0 amide bonds. The van der Waals surface area contributed by atoms with Crippen LogP contribution in [0.25, 0.3) is 16.8 Å². The number of fused-ring (bicyclic) bond motifs is 3. The summed E-state index contributed by atoms with van der Waals surface area (Å²) in [6, 6.07) is 13.0. The molecule has 2 atom stereocenters. The third kappa shape index (κ3) is 3.51. The first-order chi connectivity index (χ1) is 11.8. The van der Waals surface area contributed by atoms with Gasteiger partial charge in [-0.1, -0.05) is 85.9 Å². The molecule has 2 aliphatic rings. The van der Waals surface area contributed by atoms with Crippen molar-refractivity contribution in [3.63, 3.8) is 0 Å². The van der Waals surface area contributed by atoms with Gasteiger partial charge < -0.3 is 5.73 Å². The maximum absolute atomic E-state index is 5.59. The van der Waals surface area contributed by atoms with Gasteiger partial charge >= 0.3 is 0 Å². The van der Waals surface area contributed by atoms with Crippen molar-refractivity contribution >= 4 is 16.8 Å². The molecule has 2 N–H and O–H groups in total. The van der Waals surface area contributed by atoms with Gasteiger partial charge in [0.15, 0.2) is 0 Å². The summed E-state index contributed by atoms with van der Waals surface area (Å²) in [5.74, 6) is 0.887. The predicted molar refractivity (Wildman–Crippen MR) is 106 cm³/mol. The molecule has 2 unspecified atom stereocenters. The summed E-state index contributed by atoms with van der Waals surface area (Å²) >= 11 is 0. The minimum Gasteiger partial charge on any atom is -0.405 e. The third-order valence-corrected chi connectivity index (χ3v) is 4.70. The highest BCUT2D eigenvalue weighted by Crippen LogP contribution is 2.38. The zero-order chi connectivity index (χ0) is 16.8. The third-order valence-electron chi connectivity index (χ3n) is 4.70. The Kier molecular flexibility index (Phi) is 5.32. The van der Waals surface area contributed by atoms with E-state index in [0.717, 1.165) is 0 Å². The molecule has 0 heterocycles. The lowest BCUT2D eigenvalue weighted by molar-refractivity contribution is 0.636. The van der Waals surface area contributed by atoms with E-state index in [9.17, 15) is 0 Å². The number of nitrogens with two attached hydrogens (primary N) is 1. The SMILES string of the molecule is C1=CCCC=C1.CC1C=Cc2c(ccc3ccccc23)C1/C=C\N. The Labute approximate surface area is 144 Å². The first kappa shape index (κ1) is 16.3. The van der Waals surface area contributed by atoms with E-state index < -0.39 is 0 Å². The van der Waals surface area contributed by atoms with Crippen molar-refractivity contribution in [1.82, 2.24) is 0 Å². The van der Waals surface area contributed by atoms with Gasteiger partial charge in [0, 0.05) is 5.92 Å². The first-order valence-electron chi connectivity index (χ1n) is 8.71. The molecule has 2 aromatic carbocycles. The van der Waals surface area contributed by atoms with Crippen molar-refractivity contribution in [2.24, 2.45) is 11.7 Å². The van der Waals surface area contributed by atoms with Gasteiger partial charge in [-0.25, -0.2) is 0 Å². The molecule has 0 saturated heterocycles. The number of hydrogen-bond acceptors (Lipinski definition) is 1.